The van der Waals surface area contributed by atoms with Gasteiger partial charge in [0, 0.05) is 25.0 Å². The number of hydrogen-bond acceptors (Lipinski definition) is 2. The van der Waals surface area contributed by atoms with E-state index in [0.717, 1.165) is 5.69 Å². The van der Waals surface area contributed by atoms with Crippen LogP contribution in [0.2, 0.25) is 0 Å². The van der Waals surface area contributed by atoms with Crippen LogP contribution in [0.15, 0.2) is 54.8 Å². The average Bonchev–Trinajstić information content (AvgIpc) is 2.25. The molecular formula is C12H12N2. The summed E-state index contributed by atoms with van der Waals surface area (Å²) >= 11 is 0. The summed E-state index contributed by atoms with van der Waals surface area (Å²) in [4.78, 5) is 1.99. The molecule has 0 radical (unpaired) electrons. The van der Waals surface area contributed by atoms with Gasteiger partial charge in [-0.15, -0.1) is 0 Å². The Balaban J connectivity index is 2.60. The fourth-order valence-electron chi connectivity index (χ4n) is 1.03. The van der Waals surface area contributed by atoms with Gasteiger partial charge in [-0.1, -0.05) is 24.3 Å². The highest BCUT2D eigenvalue weighted by Crippen LogP contribution is 2.10. The molecule has 0 saturated carbocycles. The SMILES string of the molecule is CN(C=CC=CC#N)c1ccccc1. The lowest BCUT2D eigenvalue weighted by atomic mass is 10.3. The van der Waals surface area contributed by atoms with Gasteiger partial charge in [-0.3, -0.25) is 0 Å². The lowest BCUT2D eigenvalue weighted by Crippen LogP contribution is -2.06. The van der Waals surface area contributed by atoms with Gasteiger partial charge in [0.15, 0.2) is 0 Å². The van der Waals surface area contributed by atoms with Crippen LogP contribution in [0.25, 0.3) is 0 Å². The summed E-state index contributed by atoms with van der Waals surface area (Å²) in [5, 5.41) is 8.26. The first-order chi connectivity index (χ1) is 6.84. The van der Waals surface area contributed by atoms with E-state index in [2.05, 4.69) is 0 Å². The molecule has 1 aromatic carbocycles. The Morgan fingerprint density at radius 2 is 1.93 bits per heavy atom. The lowest BCUT2D eigenvalue weighted by molar-refractivity contribution is 1.20. The van der Waals surface area contributed by atoms with Crippen LogP contribution < -0.4 is 4.90 Å². The minimum absolute atomic E-state index is 1.12. The molecule has 0 saturated heterocycles. The van der Waals surface area contributed by atoms with Crippen molar-refractivity contribution < 1.29 is 0 Å². The second-order valence-corrected chi connectivity index (χ2v) is 2.78. The Morgan fingerprint density at radius 3 is 2.57 bits per heavy atom. The van der Waals surface area contributed by atoms with Crippen molar-refractivity contribution in [3.05, 3.63) is 54.8 Å². The predicted octanol–water partition coefficient (Wildman–Crippen LogP) is 2.72. The molecule has 2 nitrogen and oxygen atoms in total. The van der Waals surface area contributed by atoms with Gasteiger partial charge in [0.1, 0.15) is 0 Å². The molecule has 14 heavy (non-hydrogen) atoms. The number of rotatable bonds is 3. The van der Waals surface area contributed by atoms with Crippen molar-refractivity contribution in [1.29, 1.82) is 5.26 Å². The zero-order valence-corrected chi connectivity index (χ0v) is 8.09. The summed E-state index contributed by atoms with van der Waals surface area (Å²) in [6.45, 7) is 0. The highest BCUT2D eigenvalue weighted by atomic mass is 15.1. The van der Waals surface area contributed by atoms with E-state index >= 15 is 0 Å². The summed E-state index contributed by atoms with van der Waals surface area (Å²) in [5.74, 6) is 0. The van der Waals surface area contributed by atoms with E-state index in [1.165, 1.54) is 6.08 Å². The standard InChI is InChI=1S/C12H12N2/c1-14(11-7-3-6-10-13)12-8-4-2-5-9-12/h2-9,11H,1H3. The first kappa shape index (κ1) is 10.1. The zero-order chi connectivity index (χ0) is 10.2. The van der Waals surface area contributed by atoms with Gasteiger partial charge in [0.2, 0.25) is 0 Å². The molecule has 0 fully saturated rings. The molecule has 0 unspecified atom stereocenters. The maximum atomic E-state index is 8.26. The van der Waals surface area contributed by atoms with Gasteiger partial charge in [0.25, 0.3) is 0 Å². The van der Waals surface area contributed by atoms with Gasteiger partial charge in [0.05, 0.1) is 6.07 Å². The van der Waals surface area contributed by atoms with Gasteiger partial charge in [-0.05, 0) is 18.2 Å². The van der Waals surface area contributed by atoms with E-state index in [-0.39, 0.29) is 0 Å². The van der Waals surface area contributed by atoms with E-state index in [1.807, 2.05) is 60.6 Å². The van der Waals surface area contributed by atoms with Crippen molar-refractivity contribution in [3.8, 4) is 6.07 Å². The lowest BCUT2D eigenvalue weighted by Gasteiger charge is -2.12. The Hall–Kier alpha value is -2.01. The predicted molar refractivity (Wildman–Crippen MR) is 58.7 cm³/mol. The largest absolute Gasteiger partial charge is 0.351 e. The smallest absolute Gasteiger partial charge is 0.0912 e. The number of para-hydroxylation sites is 1. The number of hydrogen-bond donors (Lipinski definition) is 0. The second-order valence-electron chi connectivity index (χ2n) is 2.78. The Bertz CT molecular complexity index is 358. The number of nitriles is 1. The molecule has 1 aromatic rings. The third-order valence-corrected chi connectivity index (χ3v) is 1.76. The van der Waals surface area contributed by atoms with Gasteiger partial charge >= 0.3 is 0 Å². The maximum absolute atomic E-state index is 8.26. The van der Waals surface area contributed by atoms with Crippen LogP contribution in [0, 0.1) is 11.3 Å². The zero-order valence-electron chi connectivity index (χ0n) is 8.09. The van der Waals surface area contributed by atoms with Gasteiger partial charge in [-0.25, -0.2) is 0 Å². The molecule has 0 aliphatic carbocycles. The van der Waals surface area contributed by atoms with E-state index < -0.39 is 0 Å². The van der Waals surface area contributed by atoms with Crippen LogP contribution in [0.3, 0.4) is 0 Å². The number of allylic oxidation sites excluding steroid dienone is 3. The Labute approximate surface area is 84.4 Å². The summed E-state index contributed by atoms with van der Waals surface area (Å²) in [6.07, 6.45) is 6.88. The fourth-order valence-corrected chi connectivity index (χ4v) is 1.03. The topological polar surface area (TPSA) is 27.0 Å². The van der Waals surface area contributed by atoms with Crippen LogP contribution in [-0.2, 0) is 0 Å². The number of benzene rings is 1. The summed E-state index contributed by atoms with van der Waals surface area (Å²) in [6, 6.07) is 11.9. The first-order valence-electron chi connectivity index (χ1n) is 4.35. The molecule has 2 heteroatoms. The normalized spacial score (nSPS) is 10.6. The highest BCUT2D eigenvalue weighted by molar-refractivity contribution is 5.48. The molecule has 0 aromatic heterocycles. The van der Waals surface area contributed by atoms with Crippen molar-refractivity contribution in [2.45, 2.75) is 0 Å². The van der Waals surface area contributed by atoms with Crippen molar-refractivity contribution in [3.63, 3.8) is 0 Å². The van der Waals surface area contributed by atoms with Gasteiger partial charge in [-0.2, -0.15) is 5.26 Å². The molecule has 0 atom stereocenters. The molecule has 0 spiro atoms. The summed E-state index contributed by atoms with van der Waals surface area (Å²) in [5.41, 5.74) is 1.12. The van der Waals surface area contributed by atoms with E-state index in [9.17, 15) is 0 Å². The molecule has 70 valence electrons. The molecular weight excluding hydrogens is 172 g/mol. The molecule has 0 heterocycles. The number of anilines is 1. The monoisotopic (exact) mass is 184 g/mol. The van der Waals surface area contributed by atoms with Crippen molar-refractivity contribution >= 4 is 5.69 Å². The van der Waals surface area contributed by atoms with E-state index in [0.29, 0.717) is 0 Å². The molecule has 0 aliphatic heterocycles. The van der Waals surface area contributed by atoms with Crippen LogP contribution in [0.4, 0.5) is 5.69 Å². The minimum atomic E-state index is 1.12. The quantitative estimate of drug-likeness (QED) is 0.533. The van der Waals surface area contributed by atoms with Gasteiger partial charge < -0.3 is 4.90 Å². The summed E-state index contributed by atoms with van der Waals surface area (Å²) in [7, 11) is 1.96. The summed E-state index contributed by atoms with van der Waals surface area (Å²) < 4.78 is 0. The first-order valence-corrected chi connectivity index (χ1v) is 4.35. The molecule has 0 N–H and O–H groups in total. The van der Waals surface area contributed by atoms with E-state index in [4.69, 9.17) is 5.26 Å². The van der Waals surface area contributed by atoms with E-state index in [1.54, 1.807) is 6.08 Å². The van der Waals surface area contributed by atoms with Crippen molar-refractivity contribution in [2.75, 3.05) is 11.9 Å². The van der Waals surface area contributed by atoms with Crippen LogP contribution >= 0.6 is 0 Å². The molecule has 1 rings (SSSR count). The van der Waals surface area contributed by atoms with Crippen LogP contribution in [0.1, 0.15) is 0 Å². The molecule has 0 bridgehead atoms. The average molecular weight is 184 g/mol. The maximum Gasteiger partial charge on any atom is 0.0912 e. The third-order valence-electron chi connectivity index (χ3n) is 1.76. The minimum Gasteiger partial charge on any atom is -0.351 e. The third kappa shape index (κ3) is 3.16. The highest BCUT2D eigenvalue weighted by Gasteiger charge is 1.91. The second kappa shape index (κ2) is 5.60. The van der Waals surface area contributed by atoms with Crippen LogP contribution in [0.5, 0.6) is 0 Å². The van der Waals surface area contributed by atoms with Crippen LogP contribution in [-0.4, -0.2) is 7.05 Å². The fraction of sp³-hybridized carbons (Fsp3) is 0.0833. The Kier molecular flexibility index (Phi) is 4.03. The van der Waals surface area contributed by atoms with Crippen molar-refractivity contribution in [1.82, 2.24) is 0 Å². The number of nitrogens with zero attached hydrogens (tertiary/aromatic N) is 2. The Morgan fingerprint density at radius 1 is 1.21 bits per heavy atom. The molecule has 0 aliphatic rings. The molecule has 0 amide bonds. The van der Waals surface area contributed by atoms with Crippen molar-refractivity contribution in [2.24, 2.45) is 0 Å².